The normalized spacial score (nSPS) is 8.64. The fraction of sp³-hybridized carbons (Fsp3) is 0.182. The third kappa shape index (κ3) is 2.27. The summed E-state index contributed by atoms with van der Waals surface area (Å²) in [6, 6.07) is 8.00. The molecule has 0 radical (unpaired) electrons. The van der Waals surface area contributed by atoms with Crippen LogP contribution in [0.4, 0.5) is 0 Å². The lowest BCUT2D eigenvalue weighted by Gasteiger charge is -1.96. The van der Waals surface area contributed by atoms with E-state index in [4.69, 9.17) is 6.57 Å². The third-order valence-electron chi connectivity index (χ3n) is 1.74. The summed E-state index contributed by atoms with van der Waals surface area (Å²) >= 11 is 0. The number of fused-ring (bicyclic) bond motifs is 1. The highest BCUT2D eigenvalue weighted by Gasteiger charge is 1.94. The van der Waals surface area contributed by atoms with Crippen molar-refractivity contribution >= 4 is 10.9 Å². The minimum atomic E-state index is 1.01. The first-order valence-electron chi connectivity index (χ1n) is 4.21. The first-order valence-corrected chi connectivity index (χ1v) is 4.21. The van der Waals surface area contributed by atoms with Gasteiger partial charge in [0.25, 0.3) is 0 Å². The van der Waals surface area contributed by atoms with Crippen molar-refractivity contribution in [2.45, 2.75) is 6.92 Å². The third-order valence-corrected chi connectivity index (χ3v) is 1.74. The molecule has 0 spiro atoms. The number of hydrogen-bond donors (Lipinski definition) is 0. The van der Waals surface area contributed by atoms with Gasteiger partial charge in [0.05, 0.1) is 5.52 Å². The predicted molar refractivity (Wildman–Crippen MR) is 56.8 cm³/mol. The molecule has 70 valence electrons. The smallest absolute Gasteiger partial charge is 0.205 e. The molecule has 0 atom stereocenters. The minimum Gasteiger partial charge on any atom is -0.320 e. The number of nitrogens with zero attached hydrogens (tertiary/aromatic N) is 3. The summed E-state index contributed by atoms with van der Waals surface area (Å²) in [6.45, 7) is 7.82. The number of benzene rings is 1. The standard InChI is InChI=1S/C9H8N2.C2H3N/c1-7-8-4-2-3-5-9(8)11-6-10-7;1-3-2/h2-6H,1H3;1H3. The van der Waals surface area contributed by atoms with Crippen LogP contribution in [0, 0.1) is 13.5 Å². The Balaban J connectivity index is 0.000000293. The summed E-state index contributed by atoms with van der Waals surface area (Å²) < 4.78 is 0. The molecule has 0 N–H and O–H groups in total. The summed E-state index contributed by atoms with van der Waals surface area (Å²) in [7, 11) is 1.42. The first kappa shape index (κ1) is 10.1. The maximum Gasteiger partial charge on any atom is 0.205 e. The lowest BCUT2D eigenvalue weighted by Crippen LogP contribution is -1.85. The van der Waals surface area contributed by atoms with Crippen LogP contribution in [-0.4, -0.2) is 17.0 Å². The van der Waals surface area contributed by atoms with E-state index in [0.717, 1.165) is 16.6 Å². The topological polar surface area (TPSA) is 30.1 Å². The van der Waals surface area contributed by atoms with Crippen LogP contribution < -0.4 is 0 Å². The molecule has 0 bridgehead atoms. The van der Waals surface area contributed by atoms with Crippen molar-refractivity contribution in [3.8, 4) is 0 Å². The molecule has 0 saturated heterocycles. The molecule has 0 amide bonds. The van der Waals surface area contributed by atoms with Gasteiger partial charge >= 0.3 is 0 Å². The van der Waals surface area contributed by atoms with Crippen molar-refractivity contribution in [2.24, 2.45) is 0 Å². The number of hydrogen-bond acceptors (Lipinski definition) is 2. The number of aromatic nitrogens is 2. The van der Waals surface area contributed by atoms with Crippen LogP contribution in [0.3, 0.4) is 0 Å². The van der Waals surface area contributed by atoms with Gasteiger partial charge in [0.15, 0.2) is 0 Å². The van der Waals surface area contributed by atoms with Gasteiger partial charge < -0.3 is 4.85 Å². The summed E-state index contributed by atoms with van der Waals surface area (Å²) in [6.07, 6.45) is 1.59. The fourth-order valence-corrected chi connectivity index (χ4v) is 1.14. The zero-order valence-electron chi connectivity index (χ0n) is 8.23. The van der Waals surface area contributed by atoms with Gasteiger partial charge in [0.1, 0.15) is 6.33 Å². The zero-order valence-corrected chi connectivity index (χ0v) is 8.23. The van der Waals surface area contributed by atoms with Gasteiger partial charge in [-0.3, -0.25) is 0 Å². The van der Waals surface area contributed by atoms with Crippen molar-refractivity contribution in [3.63, 3.8) is 0 Å². The largest absolute Gasteiger partial charge is 0.320 e. The van der Waals surface area contributed by atoms with E-state index in [2.05, 4.69) is 14.8 Å². The Hall–Kier alpha value is -1.95. The highest BCUT2D eigenvalue weighted by Crippen LogP contribution is 2.11. The highest BCUT2D eigenvalue weighted by atomic mass is 14.8. The second kappa shape index (κ2) is 4.93. The Kier molecular flexibility index (Phi) is 3.57. The van der Waals surface area contributed by atoms with E-state index >= 15 is 0 Å². The Bertz CT molecular complexity index is 452. The van der Waals surface area contributed by atoms with Crippen molar-refractivity contribution in [3.05, 3.63) is 47.7 Å². The summed E-state index contributed by atoms with van der Waals surface area (Å²) in [5.74, 6) is 0. The van der Waals surface area contributed by atoms with Gasteiger partial charge in [-0.25, -0.2) is 16.5 Å². The number of para-hydroxylation sites is 1. The molecular formula is C11H11N3. The van der Waals surface area contributed by atoms with Crippen LogP contribution in [0.1, 0.15) is 5.69 Å². The average molecular weight is 185 g/mol. The summed E-state index contributed by atoms with van der Waals surface area (Å²) in [5.41, 5.74) is 2.05. The molecule has 1 aromatic heterocycles. The van der Waals surface area contributed by atoms with Crippen LogP contribution in [0.5, 0.6) is 0 Å². The van der Waals surface area contributed by atoms with Gasteiger partial charge in [-0.05, 0) is 13.0 Å². The Labute approximate surface area is 83.3 Å². The van der Waals surface area contributed by atoms with E-state index < -0.39 is 0 Å². The lowest BCUT2D eigenvalue weighted by molar-refractivity contribution is 1.15. The van der Waals surface area contributed by atoms with E-state index in [1.807, 2.05) is 31.2 Å². The molecule has 1 heterocycles. The SMILES string of the molecule is Cc1ncnc2ccccc12.[C-]#[N+]C. The monoisotopic (exact) mass is 185 g/mol. The van der Waals surface area contributed by atoms with E-state index in [1.165, 1.54) is 7.05 Å². The first-order chi connectivity index (χ1) is 6.79. The van der Waals surface area contributed by atoms with Crippen molar-refractivity contribution in [1.82, 2.24) is 9.97 Å². The molecule has 0 aliphatic carbocycles. The van der Waals surface area contributed by atoms with Crippen LogP contribution in [0.2, 0.25) is 0 Å². The van der Waals surface area contributed by atoms with Gasteiger partial charge in [0, 0.05) is 11.1 Å². The molecule has 3 nitrogen and oxygen atoms in total. The molecule has 2 aromatic rings. The molecular weight excluding hydrogens is 174 g/mol. The molecule has 0 aliphatic rings. The summed E-state index contributed by atoms with van der Waals surface area (Å²) in [5, 5.41) is 1.13. The molecule has 0 unspecified atom stereocenters. The number of rotatable bonds is 0. The summed E-state index contributed by atoms with van der Waals surface area (Å²) in [4.78, 5) is 11.0. The minimum absolute atomic E-state index is 1.01. The molecule has 2 rings (SSSR count). The maximum atomic E-state index is 5.83. The van der Waals surface area contributed by atoms with Crippen LogP contribution in [0.25, 0.3) is 15.7 Å². The van der Waals surface area contributed by atoms with Crippen molar-refractivity contribution in [2.75, 3.05) is 7.05 Å². The van der Waals surface area contributed by atoms with E-state index in [0.29, 0.717) is 0 Å². The molecule has 0 saturated carbocycles. The predicted octanol–water partition coefficient (Wildman–Crippen LogP) is 2.47. The van der Waals surface area contributed by atoms with Crippen molar-refractivity contribution < 1.29 is 0 Å². The molecule has 3 heteroatoms. The zero-order chi connectivity index (χ0) is 10.4. The van der Waals surface area contributed by atoms with E-state index in [1.54, 1.807) is 6.33 Å². The van der Waals surface area contributed by atoms with Crippen LogP contribution in [-0.2, 0) is 0 Å². The van der Waals surface area contributed by atoms with E-state index in [9.17, 15) is 0 Å². The average Bonchev–Trinajstić information content (AvgIpc) is 2.20. The maximum absolute atomic E-state index is 5.83. The molecule has 0 fully saturated rings. The van der Waals surface area contributed by atoms with Gasteiger partial charge in [-0.1, -0.05) is 18.2 Å². The highest BCUT2D eigenvalue weighted by molar-refractivity contribution is 5.80. The van der Waals surface area contributed by atoms with Crippen LogP contribution in [0.15, 0.2) is 30.6 Å². The Morgan fingerprint density at radius 2 is 1.86 bits per heavy atom. The Morgan fingerprint density at radius 3 is 2.50 bits per heavy atom. The molecule has 1 aromatic carbocycles. The van der Waals surface area contributed by atoms with Crippen LogP contribution >= 0.6 is 0 Å². The van der Waals surface area contributed by atoms with Gasteiger partial charge in [0.2, 0.25) is 7.05 Å². The lowest BCUT2D eigenvalue weighted by atomic mass is 10.2. The Morgan fingerprint density at radius 1 is 1.21 bits per heavy atom. The molecule has 14 heavy (non-hydrogen) atoms. The van der Waals surface area contributed by atoms with Gasteiger partial charge in [-0.15, -0.1) is 0 Å². The number of aryl methyl sites for hydroxylation is 1. The quantitative estimate of drug-likeness (QED) is 0.590. The molecule has 0 aliphatic heterocycles. The van der Waals surface area contributed by atoms with Gasteiger partial charge in [-0.2, -0.15) is 0 Å². The van der Waals surface area contributed by atoms with E-state index in [-0.39, 0.29) is 0 Å². The second-order valence-corrected chi connectivity index (χ2v) is 2.70. The second-order valence-electron chi connectivity index (χ2n) is 2.70. The van der Waals surface area contributed by atoms with Crippen molar-refractivity contribution in [1.29, 1.82) is 0 Å². The fourth-order valence-electron chi connectivity index (χ4n) is 1.14.